The molecule has 1 aromatic rings. The molecule has 0 atom stereocenters. The Morgan fingerprint density at radius 1 is 1.27 bits per heavy atom. The molecule has 1 fully saturated rings. The number of fused-ring (bicyclic) bond motifs is 1. The largest absolute Gasteiger partial charge is 0.378 e. The maximum absolute atomic E-state index is 12.6. The van der Waals surface area contributed by atoms with E-state index in [1.807, 2.05) is 4.90 Å². The van der Waals surface area contributed by atoms with Crippen molar-refractivity contribution < 1.29 is 18.1 Å². The van der Waals surface area contributed by atoms with Crippen molar-refractivity contribution in [1.82, 2.24) is 0 Å². The number of anilines is 1. The average Bonchev–Trinajstić information content (AvgIpc) is 2.64. The summed E-state index contributed by atoms with van der Waals surface area (Å²) in [5, 5.41) is 11.4. The summed E-state index contributed by atoms with van der Waals surface area (Å²) in [5.41, 5.74) is 0.871. The van der Waals surface area contributed by atoms with Gasteiger partial charge < -0.3 is 9.64 Å². The van der Waals surface area contributed by atoms with E-state index < -0.39 is 19.5 Å². The molecule has 0 saturated carbocycles. The number of rotatable bonds is 2. The van der Waals surface area contributed by atoms with Crippen LogP contribution < -0.4 is 4.90 Å². The third-order valence-electron chi connectivity index (χ3n) is 4.34. The smallest absolute Gasteiger partial charge is 0.292 e. The molecule has 7 nitrogen and oxygen atoms in total. The van der Waals surface area contributed by atoms with Crippen molar-refractivity contribution >= 4 is 21.2 Å². The van der Waals surface area contributed by atoms with Crippen molar-refractivity contribution in [3.8, 4) is 0 Å². The van der Waals surface area contributed by atoms with Crippen molar-refractivity contribution in [2.45, 2.75) is 29.9 Å². The third-order valence-corrected chi connectivity index (χ3v) is 6.90. The van der Waals surface area contributed by atoms with E-state index in [0.29, 0.717) is 44.0 Å². The first kappa shape index (κ1) is 15.2. The van der Waals surface area contributed by atoms with Gasteiger partial charge in [-0.25, -0.2) is 8.42 Å². The standard InChI is InChI=1S/C14H18N2O5S/c1-14(2)9-10-7-12(16(17)18)11(8-13(10)22(14,19)20)15-3-5-21-6-4-15/h7-8H,3-6,9H2,1-2H3. The molecule has 8 heteroatoms. The van der Waals surface area contributed by atoms with E-state index in [1.54, 1.807) is 13.8 Å². The summed E-state index contributed by atoms with van der Waals surface area (Å²) in [4.78, 5) is 13.0. The van der Waals surface area contributed by atoms with Crippen molar-refractivity contribution in [1.29, 1.82) is 0 Å². The number of hydrogen-bond donors (Lipinski definition) is 0. The first-order valence-electron chi connectivity index (χ1n) is 7.13. The SMILES string of the molecule is CC1(C)Cc2cc([N+](=O)[O-])c(N3CCOCC3)cc2S1(=O)=O. The highest BCUT2D eigenvalue weighted by Crippen LogP contribution is 2.44. The Balaban J connectivity index is 2.17. The predicted octanol–water partition coefficient (Wildman–Crippen LogP) is 1.54. The number of ether oxygens (including phenoxy) is 1. The zero-order valence-electron chi connectivity index (χ0n) is 12.5. The highest BCUT2D eigenvalue weighted by atomic mass is 32.2. The molecule has 3 rings (SSSR count). The monoisotopic (exact) mass is 326 g/mol. The Bertz CT molecular complexity index is 736. The topological polar surface area (TPSA) is 89.8 Å². The van der Waals surface area contributed by atoms with Gasteiger partial charge in [-0.1, -0.05) is 0 Å². The number of morpholine rings is 1. The van der Waals surface area contributed by atoms with Crippen LogP contribution in [0.4, 0.5) is 11.4 Å². The molecule has 1 saturated heterocycles. The minimum atomic E-state index is -3.47. The lowest BCUT2D eigenvalue weighted by Gasteiger charge is -2.28. The van der Waals surface area contributed by atoms with Gasteiger partial charge in [0.1, 0.15) is 5.69 Å². The Morgan fingerprint density at radius 3 is 2.50 bits per heavy atom. The molecule has 120 valence electrons. The van der Waals surface area contributed by atoms with E-state index in [1.165, 1.54) is 12.1 Å². The third kappa shape index (κ3) is 2.17. The fraction of sp³-hybridized carbons (Fsp3) is 0.571. The quantitative estimate of drug-likeness (QED) is 0.605. The maximum atomic E-state index is 12.6. The van der Waals surface area contributed by atoms with Crippen LogP contribution in [-0.4, -0.2) is 44.4 Å². The summed E-state index contributed by atoms with van der Waals surface area (Å²) < 4.78 is 29.6. The number of nitro benzene ring substituents is 1. The molecule has 1 aromatic carbocycles. The van der Waals surface area contributed by atoms with E-state index in [9.17, 15) is 18.5 Å². The molecular formula is C14H18N2O5S. The number of benzene rings is 1. The maximum Gasteiger partial charge on any atom is 0.292 e. The lowest BCUT2D eigenvalue weighted by atomic mass is 10.0. The molecule has 2 aliphatic heterocycles. The number of hydrogen-bond acceptors (Lipinski definition) is 6. The molecule has 22 heavy (non-hydrogen) atoms. The minimum absolute atomic E-state index is 0.0337. The molecule has 0 radical (unpaired) electrons. The van der Waals surface area contributed by atoms with Gasteiger partial charge in [-0.3, -0.25) is 10.1 Å². The molecule has 0 aliphatic carbocycles. The summed E-state index contributed by atoms with van der Waals surface area (Å²) in [7, 11) is -3.47. The van der Waals surface area contributed by atoms with Gasteiger partial charge in [0.25, 0.3) is 5.69 Å². The van der Waals surface area contributed by atoms with Crippen LogP contribution in [0.25, 0.3) is 0 Å². The van der Waals surface area contributed by atoms with Crippen LogP contribution in [-0.2, 0) is 21.0 Å². The number of nitro groups is 1. The lowest BCUT2D eigenvalue weighted by Crippen LogP contribution is -2.36. The zero-order valence-corrected chi connectivity index (χ0v) is 13.4. The molecule has 0 N–H and O–H groups in total. The van der Waals surface area contributed by atoms with Crippen molar-refractivity contribution in [3.05, 3.63) is 27.8 Å². The average molecular weight is 326 g/mol. The Labute approximate surface area is 128 Å². The van der Waals surface area contributed by atoms with Gasteiger partial charge in [-0.2, -0.15) is 0 Å². The summed E-state index contributed by atoms with van der Waals surface area (Å²) in [6.07, 6.45) is 0.300. The van der Waals surface area contributed by atoms with Crippen LogP contribution in [0, 0.1) is 10.1 Å². The molecule has 0 aromatic heterocycles. The van der Waals surface area contributed by atoms with E-state index in [0.717, 1.165) is 0 Å². The molecule has 0 bridgehead atoms. The fourth-order valence-electron chi connectivity index (χ4n) is 3.04. The number of sulfone groups is 1. The van der Waals surface area contributed by atoms with E-state index in [2.05, 4.69) is 0 Å². The second kappa shape index (κ2) is 4.92. The van der Waals surface area contributed by atoms with E-state index in [4.69, 9.17) is 4.74 Å². The summed E-state index contributed by atoms with van der Waals surface area (Å²) in [5.74, 6) is 0. The lowest BCUT2D eigenvalue weighted by molar-refractivity contribution is -0.384. The minimum Gasteiger partial charge on any atom is -0.378 e. The van der Waals surface area contributed by atoms with Crippen LogP contribution in [0.3, 0.4) is 0 Å². The Kier molecular flexibility index (Phi) is 3.41. The van der Waals surface area contributed by atoms with Gasteiger partial charge >= 0.3 is 0 Å². The molecule has 0 spiro atoms. The van der Waals surface area contributed by atoms with Gasteiger partial charge in [-0.15, -0.1) is 0 Å². The predicted molar refractivity (Wildman–Crippen MR) is 81.1 cm³/mol. The first-order chi connectivity index (χ1) is 10.2. The van der Waals surface area contributed by atoms with Crippen molar-refractivity contribution in [2.24, 2.45) is 0 Å². The molecule has 2 aliphatic rings. The van der Waals surface area contributed by atoms with Gasteiger partial charge in [0.2, 0.25) is 0 Å². The zero-order chi connectivity index (χ0) is 16.1. The fourth-order valence-corrected chi connectivity index (χ4v) is 4.73. The summed E-state index contributed by atoms with van der Waals surface area (Å²) in [6, 6.07) is 2.90. The summed E-state index contributed by atoms with van der Waals surface area (Å²) >= 11 is 0. The molecule has 0 unspecified atom stereocenters. The first-order valence-corrected chi connectivity index (χ1v) is 8.61. The van der Waals surface area contributed by atoms with Gasteiger partial charge in [0.15, 0.2) is 9.84 Å². The van der Waals surface area contributed by atoms with Gasteiger partial charge in [0, 0.05) is 19.2 Å². The van der Waals surface area contributed by atoms with Crippen molar-refractivity contribution in [3.63, 3.8) is 0 Å². The Hall–Kier alpha value is -1.67. The second-order valence-electron chi connectivity index (χ2n) is 6.25. The van der Waals surface area contributed by atoms with Gasteiger partial charge in [-0.05, 0) is 31.9 Å². The van der Waals surface area contributed by atoms with Gasteiger partial charge in [0.05, 0.1) is 27.8 Å². The van der Waals surface area contributed by atoms with Crippen LogP contribution in [0.1, 0.15) is 19.4 Å². The van der Waals surface area contributed by atoms with E-state index in [-0.39, 0.29) is 10.6 Å². The van der Waals surface area contributed by atoms with Crippen LogP contribution >= 0.6 is 0 Å². The second-order valence-corrected chi connectivity index (χ2v) is 8.80. The molecular weight excluding hydrogens is 308 g/mol. The summed E-state index contributed by atoms with van der Waals surface area (Å²) in [6.45, 7) is 5.30. The van der Waals surface area contributed by atoms with Crippen LogP contribution in [0.5, 0.6) is 0 Å². The Morgan fingerprint density at radius 2 is 1.91 bits per heavy atom. The van der Waals surface area contributed by atoms with Crippen LogP contribution in [0.2, 0.25) is 0 Å². The normalized spacial score (nSPS) is 22.4. The highest BCUT2D eigenvalue weighted by molar-refractivity contribution is 7.93. The number of nitrogens with zero attached hydrogens (tertiary/aromatic N) is 2. The van der Waals surface area contributed by atoms with Crippen LogP contribution in [0.15, 0.2) is 17.0 Å². The molecule has 2 heterocycles. The highest BCUT2D eigenvalue weighted by Gasteiger charge is 2.45. The molecule has 0 amide bonds. The van der Waals surface area contributed by atoms with E-state index >= 15 is 0 Å². The van der Waals surface area contributed by atoms with Crippen molar-refractivity contribution in [2.75, 3.05) is 31.2 Å².